The molecule has 17 nitrogen and oxygen atoms in total. The number of benzene rings is 1. The van der Waals surface area contributed by atoms with E-state index < -0.39 is 56.4 Å². The maximum absolute atomic E-state index is 13.9. The number of nitrogens with zero attached hydrogens (tertiary/aromatic N) is 7. The van der Waals surface area contributed by atoms with Gasteiger partial charge in [-0.05, 0) is 52.3 Å². The van der Waals surface area contributed by atoms with E-state index in [1.807, 2.05) is 0 Å². The molecule has 1 aliphatic rings. The molecule has 6 atom stereocenters. The summed E-state index contributed by atoms with van der Waals surface area (Å²) in [5.74, 6) is -0.442. The van der Waals surface area contributed by atoms with E-state index in [4.69, 9.17) is 29.0 Å². The van der Waals surface area contributed by atoms with Crippen molar-refractivity contribution in [3.05, 3.63) is 47.1 Å². The summed E-state index contributed by atoms with van der Waals surface area (Å²) in [7, 11) is -4.29. The Morgan fingerprint density at radius 1 is 1.33 bits per heavy atom. The molecule has 4 N–H and O–H groups in total. The van der Waals surface area contributed by atoms with Gasteiger partial charge in [-0.15, -0.1) is 0 Å². The summed E-state index contributed by atoms with van der Waals surface area (Å²) in [5, 5.41) is 17.7. The molecule has 1 aliphatic heterocycles. The molecule has 0 radical (unpaired) electrons. The molecule has 0 unspecified atom stereocenters. The Labute approximate surface area is 246 Å². The summed E-state index contributed by atoms with van der Waals surface area (Å²) >= 11 is 0. The van der Waals surface area contributed by atoms with E-state index in [2.05, 4.69) is 30.1 Å². The lowest BCUT2D eigenvalue weighted by Gasteiger charge is -2.28. The number of nitrogens with one attached hydrogen (secondary N) is 1. The molecule has 18 heteroatoms. The van der Waals surface area contributed by atoms with Crippen LogP contribution >= 0.6 is 7.75 Å². The van der Waals surface area contributed by atoms with E-state index in [1.54, 1.807) is 51.1 Å². The number of hydrogen-bond acceptors (Lipinski definition) is 13. The number of carbonyl (C=O) groups excluding carboxylic acids is 1. The van der Waals surface area contributed by atoms with Crippen LogP contribution in [0, 0.1) is 0 Å². The Balaban J connectivity index is 1.63. The smallest absolute Gasteiger partial charge is 0.459 e. The standard InChI is InChI=1S/C25H34N9O8P/c1-6-38-21-18-20(29-24(26)30-21)34(13-28-18)23-25(5,32-33-27)19(35)17(41-23)12-39-43(37,42-16-10-8-7-9-11-16)31-15(4)22(36)40-14(2)3/h7-11,13-15,17,19,23,35H,6,12H2,1-5H3,(H,31,37)(H2,26,29,30)/t15-,17-,19-,23-,25-,43-/m1/s1. The summed E-state index contributed by atoms with van der Waals surface area (Å²) in [6, 6.07) is 7.09. The summed E-state index contributed by atoms with van der Waals surface area (Å²) in [6.45, 7) is 7.83. The van der Waals surface area contributed by atoms with E-state index >= 15 is 0 Å². The average molecular weight is 620 g/mol. The molecule has 3 aromatic rings. The Morgan fingerprint density at radius 3 is 2.70 bits per heavy atom. The van der Waals surface area contributed by atoms with Crippen molar-refractivity contribution in [1.29, 1.82) is 0 Å². The van der Waals surface area contributed by atoms with Crippen LogP contribution in [0.1, 0.15) is 40.8 Å². The Hall–Kier alpha value is -3.98. The minimum Gasteiger partial charge on any atom is -0.476 e. The fourth-order valence-corrected chi connectivity index (χ4v) is 5.91. The molecule has 0 spiro atoms. The van der Waals surface area contributed by atoms with Crippen molar-refractivity contribution in [3.63, 3.8) is 0 Å². The third-order valence-electron chi connectivity index (χ3n) is 6.39. The zero-order chi connectivity index (χ0) is 31.4. The van der Waals surface area contributed by atoms with Crippen molar-refractivity contribution in [1.82, 2.24) is 24.6 Å². The second-order valence-corrected chi connectivity index (χ2v) is 11.8. The van der Waals surface area contributed by atoms with Crippen LogP contribution in [0.2, 0.25) is 0 Å². The van der Waals surface area contributed by atoms with Gasteiger partial charge in [0.2, 0.25) is 11.8 Å². The van der Waals surface area contributed by atoms with Gasteiger partial charge in [-0.2, -0.15) is 15.1 Å². The van der Waals surface area contributed by atoms with Crippen molar-refractivity contribution >= 4 is 30.8 Å². The minimum absolute atomic E-state index is 0.100. The second-order valence-electron chi connectivity index (χ2n) is 10.1. The molecule has 0 bridgehead atoms. The molecule has 2 aromatic heterocycles. The first-order valence-corrected chi connectivity index (χ1v) is 14.9. The van der Waals surface area contributed by atoms with Crippen molar-refractivity contribution in [2.75, 3.05) is 18.9 Å². The average Bonchev–Trinajstić information content (AvgIpc) is 3.46. The van der Waals surface area contributed by atoms with Gasteiger partial charge in [-0.3, -0.25) is 13.9 Å². The zero-order valence-electron chi connectivity index (χ0n) is 24.2. The molecule has 0 amide bonds. The zero-order valence-corrected chi connectivity index (χ0v) is 25.1. The van der Waals surface area contributed by atoms with Gasteiger partial charge >= 0.3 is 13.7 Å². The van der Waals surface area contributed by atoms with Gasteiger partial charge in [0.15, 0.2) is 17.4 Å². The highest BCUT2D eigenvalue weighted by Crippen LogP contribution is 2.48. The van der Waals surface area contributed by atoms with E-state index in [1.165, 1.54) is 24.7 Å². The SMILES string of the molecule is CCOc1nc(N)nc2c1ncn2[C@@H]1O[C@H](CO[P@](=O)(N[C@H](C)C(=O)OC(C)C)Oc2ccccc2)[C@@H](O)[C@@]1(C)N=[N+]=[N-]. The van der Waals surface area contributed by atoms with Crippen LogP contribution in [-0.2, 0) is 23.4 Å². The van der Waals surface area contributed by atoms with Gasteiger partial charge in [0.1, 0.15) is 23.4 Å². The number of imidazole rings is 1. The lowest BCUT2D eigenvalue weighted by Crippen LogP contribution is -2.43. The van der Waals surface area contributed by atoms with E-state index in [0.29, 0.717) is 6.61 Å². The highest BCUT2D eigenvalue weighted by molar-refractivity contribution is 7.52. The number of hydrogen-bond donors (Lipinski definition) is 3. The maximum Gasteiger partial charge on any atom is 0.459 e. The number of aliphatic hydroxyl groups is 1. The summed E-state index contributed by atoms with van der Waals surface area (Å²) < 4.78 is 43.6. The first-order chi connectivity index (χ1) is 20.4. The normalized spacial score (nSPS) is 23.8. The first kappa shape index (κ1) is 31.9. The summed E-state index contributed by atoms with van der Waals surface area (Å²) in [4.78, 5) is 28.0. The Kier molecular flexibility index (Phi) is 9.75. The number of aromatic nitrogens is 4. The topological polar surface area (TPSA) is 231 Å². The van der Waals surface area contributed by atoms with Gasteiger partial charge < -0.3 is 29.6 Å². The van der Waals surface area contributed by atoms with Gasteiger partial charge in [0.25, 0.3) is 0 Å². The van der Waals surface area contributed by atoms with Crippen molar-refractivity contribution in [2.24, 2.45) is 5.11 Å². The van der Waals surface area contributed by atoms with Gasteiger partial charge in [0, 0.05) is 4.91 Å². The van der Waals surface area contributed by atoms with E-state index in [-0.39, 0.29) is 28.7 Å². The molecule has 43 heavy (non-hydrogen) atoms. The van der Waals surface area contributed by atoms with Crippen LogP contribution in [0.15, 0.2) is 41.8 Å². The molecule has 4 rings (SSSR count). The molecular formula is C25H34N9O8P. The number of azide groups is 1. The predicted octanol–water partition coefficient (Wildman–Crippen LogP) is 3.27. The monoisotopic (exact) mass is 619 g/mol. The van der Waals surface area contributed by atoms with Crippen LogP contribution in [0.25, 0.3) is 21.6 Å². The number of esters is 1. The highest BCUT2D eigenvalue weighted by atomic mass is 31.2. The third-order valence-corrected chi connectivity index (χ3v) is 8.03. The van der Waals surface area contributed by atoms with E-state index in [0.717, 1.165) is 0 Å². The largest absolute Gasteiger partial charge is 0.476 e. The van der Waals surface area contributed by atoms with Crippen LogP contribution in [0.3, 0.4) is 0 Å². The van der Waals surface area contributed by atoms with Gasteiger partial charge in [0.05, 0.1) is 31.7 Å². The number of ether oxygens (including phenoxy) is 3. The van der Waals surface area contributed by atoms with Crippen LogP contribution < -0.4 is 20.1 Å². The fraction of sp³-hybridized carbons (Fsp3) is 0.520. The molecule has 1 saturated heterocycles. The molecule has 1 fully saturated rings. The van der Waals surface area contributed by atoms with Crippen LogP contribution in [-0.4, -0.2) is 73.7 Å². The number of nitrogen functional groups attached to an aromatic ring is 1. The van der Waals surface area contributed by atoms with Crippen LogP contribution in [0.4, 0.5) is 5.95 Å². The fourth-order valence-electron chi connectivity index (χ4n) is 4.40. The summed E-state index contributed by atoms with van der Waals surface area (Å²) in [5.41, 5.74) is 14.1. The number of aliphatic hydroxyl groups excluding tert-OH is 1. The third kappa shape index (κ3) is 6.99. The van der Waals surface area contributed by atoms with Crippen molar-refractivity contribution in [3.8, 4) is 11.6 Å². The molecule has 232 valence electrons. The van der Waals surface area contributed by atoms with Gasteiger partial charge in [-0.1, -0.05) is 23.3 Å². The number of para-hydroxylation sites is 1. The number of anilines is 1. The number of nitrogens with two attached hydrogens (primary N) is 1. The number of carbonyl (C=O) groups is 1. The first-order valence-electron chi connectivity index (χ1n) is 13.4. The quantitative estimate of drug-likeness (QED) is 0.0821. The molecule has 1 aromatic carbocycles. The minimum atomic E-state index is -4.29. The Morgan fingerprint density at radius 2 is 2.05 bits per heavy atom. The predicted molar refractivity (Wildman–Crippen MR) is 153 cm³/mol. The number of fused-ring (bicyclic) bond motifs is 1. The second kappa shape index (κ2) is 13.1. The molecule has 0 aliphatic carbocycles. The van der Waals surface area contributed by atoms with Crippen molar-refractivity contribution < 1.29 is 37.7 Å². The lowest BCUT2D eigenvalue weighted by atomic mass is 9.93. The summed E-state index contributed by atoms with van der Waals surface area (Å²) in [6.07, 6.45) is -2.88. The highest BCUT2D eigenvalue weighted by Gasteiger charge is 2.55. The van der Waals surface area contributed by atoms with E-state index in [9.17, 15) is 20.0 Å². The van der Waals surface area contributed by atoms with Crippen molar-refractivity contribution in [2.45, 2.75) is 70.7 Å². The number of rotatable bonds is 13. The Bertz CT molecular complexity index is 1530. The van der Waals surface area contributed by atoms with Crippen LogP contribution in [0.5, 0.6) is 11.6 Å². The molecular weight excluding hydrogens is 585 g/mol. The maximum atomic E-state index is 13.9. The molecule has 0 saturated carbocycles. The van der Waals surface area contributed by atoms with Gasteiger partial charge in [-0.25, -0.2) is 9.55 Å². The molecule has 3 heterocycles. The lowest BCUT2D eigenvalue weighted by molar-refractivity contribution is -0.149.